The highest BCUT2D eigenvalue weighted by Gasteiger charge is 2.63. The van der Waals surface area contributed by atoms with Crippen LogP contribution in [0.3, 0.4) is 0 Å². The van der Waals surface area contributed by atoms with Crippen LogP contribution in [0.5, 0.6) is 11.5 Å². The third kappa shape index (κ3) is 12.8. The standard InChI is InChI=1S/C38H45F5O6/c1-3-5-6-7-8-12-27-47-32-22-18-29(19-23-32)28-14-16-30(17-15-28)35(44)48-33-24-20-31(21-25-33)36(45)49-34(37(39,40)38(41,42)43)13-10-9-11-26-46-4-2/h14-25,34H,3-13,26-27H2,1-2H3/t34-/m1/s1. The molecule has 268 valence electrons. The van der Waals surface area contributed by atoms with Gasteiger partial charge < -0.3 is 18.9 Å². The van der Waals surface area contributed by atoms with Crippen LogP contribution in [0.2, 0.25) is 0 Å². The van der Waals surface area contributed by atoms with Crippen molar-refractivity contribution in [2.45, 2.75) is 96.3 Å². The summed E-state index contributed by atoms with van der Waals surface area (Å²) >= 11 is 0. The second kappa shape index (κ2) is 19.9. The summed E-state index contributed by atoms with van der Waals surface area (Å²) in [6, 6.07) is 19.1. The minimum absolute atomic E-state index is 0.0207. The number of benzene rings is 3. The van der Waals surface area contributed by atoms with Crippen LogP contribution in [0.25, 0.3) is 11.1 Å². The molecule has 6 nitrogen and oxygen atoms in total. The van der Waals surface area contributed by atoms with E-state index in [1.54, 1.807) is 31.2 Å². The minimum atomic E-state index is -5.90. The van der Waals surface area contributed by atoms with E-state index in [0.29, 0.717) is 32.7 Å². The van der Waals surface area contributed by atoms with E-state index in [2.05, 4.69) is 11.7 Å². The molecule has 0 saturated carbocycles. The van der Waals surface area contributed by atoms with Gasteiger partial charge in [-0.05, 0) is 92.3 Å². The van der Waals surface area contributed by atoms with Gasteiger partial charge in [0.15, 0.2) is 6.10 Å². The lowest BCUT2D eigenvalue weighted by Crippen LogP contribution is -2.49. The van der Waals surface area contributed by atoms with Gasteiger partial charge in [-0.3, -0.25) is 0 Å². The summed E-state index contributed by atoms with van der Waals surface area (Å²) in [6.07, 6.45) is -1.35. The van der Waals surface area contributed by atoms with Crippen LogP contribution in [-0.4, -0.2) is 50.0 Å². The van der Waals surface area contributed by atoms with Crippen molar-refractivity contribution in [1.82, 2.24) is 0 Å². The monoisotopic (exact) mass is 692 g/mol. The Kier molecular flexibility index (Phi) is 16.0. The zero-order chi connectivity index (χ0) is 35.7. The molecule has 0 heterocycles. The second-order valence-electron chi connectivity index (χ2n) is 11.7. The molecule has 0 spiro atoms. The zero-order valence-electron chi connectivity index (χ0n) is 28.0. The van der Waals surface area contributed by atoms with Crippen molar-refractivity contribution in [2.75, 3.05) is 19.8 Å². The van der Waals surface area contributed by atoms with Crippen LogP contribution in [0.15, 0.2) is 72.8 Å². The Balaban J connectivity index is 1.52. The molecule has 1 atom stereocenters. The van der Waals surface area contributed by atoms with Crippen molar-refractivity contribution in [3.05, 3.63) is 83.9 Å². The number of carbonyl (C=O) groups excluding carboxylic acids is 2. The number of halogens is 5. The Morgan fingerprint density at radius 3 is 1.73 bits per heavy atom. The average molecular weight is 693 g/mol. The fourth-order valence-electron chi connectivity index (χ4n) is 4.99. The number of hydrogen-bond donors (Lipinski definition) is 0. The minimum Gasteiger partial charge on any atom is -0.494 e. The zero-order valence-corrected chi connectivity index (χ0v) is 28.0. The van der Waals surface area contributed by atoms with Crippen LogP contribution in [0.4, 0.5) is 22.0 Å². The molecule has 0 aromatic heterocycles. The van der Waals surface area contributed by atoms with Gasteiger partial charge in [-0.15, -0.1) is 0 Å². The van der Waals surface area contributed by atoms with Crippen LogP contribution in [0, 0.1) is 0 Å². The lowest BCUT2D eigenvalue weighted by molar-refractivity contribution is -0.312. The molecule has 0 saturated heterocycles. The van der Waals surface area contributed by atoms with Gasteiger partial charge in [-0.2, -0.15) is 22.0 Å². The SMILES string of the molecule is CCCCCCCCOc1ccc(-c2ccc(C(=O)Oc3ccc(C(=O)O[C@H](CCCCCOCC)C(F)(F)C(F)(F)F)cc3)cc2)cc1. The van der Waals surface area contributed by atoms with Gasteiger partial charge in [-0.1, -0.05) is 69.7 Å². The molecule has 0 radical (unpaired) electrons. The predicted octanol–water partition coefficient (Wildman–Crippen LogP) is 10.6. The van der Waals surface area contributed by atoms with E-state index in [1.807, 2.05) is 24.3 Å². The van der Waals surface area contributed by atoms with Crippen molar-refractivity contribution >= 4 is 11.9 Å². The van der Waals surface area contributed by atoms with Crippen molar-refractivity contribution < 1.29 is 50.5 Å². The van der Waals surface area contributed by atoms with Gasteiger partial charge in [-0.25, -0.2) is 9.59 Å². The Morgan fingerprint density at radius 1 is 0.612 bits per heavy atom. The predicted molar refractivity (Wildman–Crippen MR) is 177 cm³/mol. The Bertz CT molecular complexity index is 1410. The second-order valence-corrected chi connectivity index (χ2v) is 11.7. The Labute approximate surface area is 284 Å². The highest BCUT2D eigenvalue weighted by molar-refractivity contribution is 5.92. The van der Waals surface area contributed by atoms with Gasteiger partial charge in [0, 0.05) is 13.2 Å². The molecule has 0 unspecified atom stereocenters. The molecule has 0 aliphatic rings. The topological polar surface area (TPSA) is 71.1 Å². The summed E-state index contributed by atoms with van der Waals surface area (Å²) in [6.45, 7) is 5.46. The summed E-state index contributed by atoms with van der Waals surface area (Å²) < 4.78 is 88.8. The van der Waals surface area contributed by atoms with Gasteiger partial charge in [0.05, 0.1) is 17.7 Å². The van der Waals surface area contributed by atoms with Crippen LogP contribution >= 0.6 is 0 Å². The molecule has 0 fully saturated rings. The van der Waals surface area contributed by atoms with Crippen molar-refractivity contribution in [2.24, 2.45) is 0 Å². The number of unbranched alkanes of at least 4 members (excludes halogenated alkanes) is 7. The van der Waals surface area contributed by atoms with E-state index in [9.17, 15) is 31.5 Å². The lowest BCUT2D eigenvalue weighted by Gasteiger charge is -2.28. The maximum absolute atomic E-state index is 14.2. The molecule has 3 rings (SSSR count). The number of esters is 2. The molecule has 0 amide bonds. The Morgan fingerprint density at radius 2 is 1.12 bits per heavy atom. The van der Waals surface area contributed by atoms with Gasteiger partial charge >= 0.3 is 24.0 Å². The summed E-state index contributed by atoms with van der Waals surface area (Å²) in [5.41, 5.74) is 1.79. The molecule has 0 N–H and O–H groups in total. The quantitative estimate of drug-likeness (QED) is 0.0479. The third-order valence-electron chi connectivity index (χ3n) is 7.87. The maximum Gasteiger partial charge on any atom is 0.457 e. The summed E-state index contributed by atoms with van der Waals surface area (Å²) in [5, 5.41) is 0. The first-order valence-corrected chi connectivity index (χ1v) is 16.8. The molecular formula is C38H45F5O6. The molecule has 0 bridgehead atoms. The fraction of sp³-hybridized carbons (Fsp3) is 0.474. The van der Waals surface area contributed by atoms with Crippen LogP contribution in [-0.2, 0) is 9.47 Å². The first kappa shape index (κ1) is 39.4. The Hall–Kier alpha value is -3.99. The average Bonchev–Trinajstić information content (AvgIpc) is 3.09. The van der Waals surface area contributed by atoms with Crippen molar-refractivity contribution in [3.8, 4) is 22.6 Å². The number of alkyl halides is 5. The van der Waals surface area contributed by atoms with E-state index in [-0.39, 0.29) is 23.3 Å². The number of ether oxygens (including phenoxy) is 4. The first-order chi connectivity index (χ1) is 23.5. The van der Waals surface area contributed by atoms with E-state index in [4.69, 9.17) is 14.2 Å². The van der Waals surface area contributed by atoms with E-state index < -0.39 is 36.6 Å². The molecule has 49 heavy (non-hydrogen) atoms. The van der Waals surface area contributed by atoms with Crippen LogP contribution in [0.1, 0.15) is 98.8 Å². The number of rotatable bonds is 21. The van der Waals surface area contributed by atoms with Crippen molar-refractivity contribution in [1.29, 1.82) is 0 Å². The number of carbonyl (C=O) groups is 2. The molecule has 0 aliphatic carbocycles. The summed E-state index contributed by atoms with van der Waals surface area (Å²) in [7, 11) is 0. The highest BCUT2D eigenvalue weighted by atomic mass is 19.4. The van der Waals surface area contributed by atoms with E-state index in [1.165, 1.54) is 37.8 Å². The lowest BCUT2D eigenvalue weighted by atomic mass is 10.0. The van der Waals surface area contributed by atoms with Gasteiger partial charge in [0.25, 0.3) is 0 Å². The summed E-state index contributed by atoms with van der Waals surface area (Å²) in [5.74, 6) is -6.45. The van der Waals surface area contributed by atoms with Gasteiger partial charge in [0.1, 0.15) is 11.5 Å². The molecule has 3 aromatic rings. The third-order valence-corrected chi connectivity index (χ3v) is 7.87. The molecule has 3 aromatic carbocycles. The normalized spacial score (nSPS) is 12.4. The number of hydrogen-bond acceptors (Lipinski definition) is 6. The van der Waals surface area contributed by atoms with Crippen molar-refractivity contribution in [3.63, 3.8) is 0 Å². The molecular weight excluding hydrogens is 647 g/mol. The molecule has 11 heteroatoms. The summed E-state index contributed by atoms with van der Waals surface area (Å²) in [4.78, 5) is 25.3. The first-order valence-electron chi connectivity index (χ1n) is 16.8. The molecule has 0 aliphatic heterocycles. The van der Waals surface area contributed by atoms with Crippen LogP contribution < -0.4 is 9.47 Å². The van der Waals surface area contributed by atoms with E-state index in [0.717, 1.165) is 41.9 Å². The largest absolute Gasteiger partial charge is 0.494 e. The van der Waals surface area contributed by atoms with E-state index >= 15 is 0 Å². The smallest absolute Gasteiger partial charge is 0.457 e. The maximum atomic E-state index is 14.2. The fourth-order valence-corrected chi connectivity index (χ4v) is 4.99. The van der Waals surface area contributed by atoms with Gasteiger partial charge in [0.2, 0.25) is 0 Å². The highest BCUT2D eigenvalue weighted by Crippen LogP contribution is 2.41.